The molecule has 3 heteroatoms. The minimum Gasteiger partial charge on any atom is -0.371 e. The number of piperidine rings is 1. The smallest absolute Gasteiger partial charge is 0.0423 e. The van der Waals surface area contributed by atoms with Crippen LogP contribution in [0.1, 0.15) is 32.3 Å². The highest BCUT2D eigenvalue weighted by atomic mass is 79.9. The molecule has 0 saturated carbocycles. The van der Waals surface area contributed by atoms with Crippen molar-refractivity contribution in [1.29, 1.82) is 0 Å². The SMILES string of the molecule is CCNCc1ccc(Br)cc1N1CCC(C)CC1. The molecule has 0 aliphatic carbocycles. The lowest BCUT2D eigenvalue weighted by Crippen LogP contribution is -2.33. The summed E-state index contributed by atoms with van der Waals surface area (Å²) in [4.78, 5) is 2.54. The Balaban J connectivity index is 2.16. The minimum atomic E-state index is 0.880. The second kappa shape index (κ2) is 6.58. The van der Waals surface area contributed by atoms with Crippen LogP contribution in [0.4, 0.5) is 5.69 Å². The van der Waals surface area contributed by atoms with Gasteiger partial charge in [0.2, 0.25) is 0 Å². The summed E-state index contributed by atoms with van der Waals surface area (Å²) >= 11 is 3.60. The lowest BCUT2D eigenvalue weighted by atomic mass is 9.98. The molecule has 100 valence electrons. The van der Waals surface area contributed by atoms with Crippen molar-refractivity contribution in [2.45, 2.75) is 33.2 Å². The Morgan fingerprint density at radius 2 is 2.06 bits per heavy atom. The highest BCUT2D eigenvalue weighted by Crippen LogP contribution is 2.29. The van der Waals surface area contributed by atoms with Crippen molar-refractivity contribution in [3.05, 3.63) is 28.2 Å². The van der Waals surface area contributed by atoms with Crippen LogP contribution in [0.25, 0.3) is 0 Å². The number of hydrogen-bond acceptors (Lipinski definition) is 2. The van der Waals surface area contributed by atoms with Gasteiger partial charge in [-0.1, -0.05) is 35.8 Å². The van der Waals surface area contributed by atoms with Crippen molar-refractivity contribution in [2.24, 2.45) is 5.92 Å². The van der Waals surface area contributed by atoms with E-state index in [9.17, 15) is 0 Å². The van der Waals surface area contributed by atoms with Gasteiger partial charge in [0, 0.05) is 29.8 Å². The molecule has 1 heterocycles. The summed E-state index contributed by atoms with van der Waals surface area (Å²) in [6.07, 6.45) is 2.63. The van der Waals surface area contributed by atoms with E-state index in [1.54, 1.807) is 0 Å². The summed E-state index contributed by atoms with van der Waals surface area (Å²) in [7, 11) is 0. The molecule has 2 rings (SSSR count). The lowest BCUT2D eigenvalue weighted by Gasteiger charge is -2.33. The summed E-state index contributed by atoms with van der Waals surface area (Å²) in [6.45, 7) is 8.88. The van der Waals surface area contributed by atoms with E-state index in [1.165, 1.54) is 41.7 Å². The quantitative estimate of drug-likeness (QED) is 0.910. The van der Waals surface area contributed by atoms with Crippen molar-refractivity contribution in [2.75, 3.05) is 24.5 Å². The first-order valence-electron chi connectivity index (χ1n) is 6.94. The van der Waals surface area contributed by atoms with Gasteiger partial charge in [-0.05, 0) is 43.0 Å². The monoisotopic (exact) mass is 310 g/mol. The van der Waals surface area contributed by atoms with Gasteiger partial charge in [0.1, 0.15) is 0 Å². The molecular weight excluding hydrogens is 288 g/mol. The van der Waals surface area contributed by atoms with E-state index >= 15 is 0 Å². The first-order chi connectivity index (χ1) is 8.70. The van der Waals surface area contributed by atoms with Crippen molar-refractivity contribution in [1.82, 2.24) is 5.32 Å². The molecule has 0 unspecified atom stereocenters. The highest BCUT2D eigenvalue weighted by Gasteiger charge is 2.18. The van der Waals surface area contributed by atoms with E-state index in [2.05, 4.69) is 58.2 Å². The molecule has 0 atom stereocenters. The van der Waals surface area contributed by atoms with E-state index in [0.717, 1.165) is 19.0 Å². The molecular formula is C15H23BrN2. The molecule has 1 aliphatic heterocycles. The van der Waals surface area contributed by atoms with Crippen molar-refractivity contribution >= 4 is 21.6 Å². The average Bonchev–Trinajstić information content (AvgIpc) is 2.38. The van der Waals surface area contributed by atoms with Gasteiger partial charge in [-0.3, -0.25) is 0 Å². The van der Waals surface area contributed by atoms with Crippen LogP contribution < -0.4 is 10.2 Å². The van der Waals surface area contributed by atoms with E-state index < -0.39 is 0 Å². The summed E-state index contributed by atoms with van der Waals surface area (Å²) in [5.74, 6) is 0.880. The number of rotatable bonds is 4. The molecule has 0 aromatic heterocycles. The van der Waals surface area contributed by atoms with Gasteiger partial charge < -0.3 is 10.2 Å². The fourth-order valence-corrected chi connectivity index (χ4v) is 2.84. The standard InChI is InChI=1S/C15H23BrN2/c1-3-17-11-13-4-5-14(16)10-15(13)18-8-6-12(2)7-9-18/h4-5,10,12,17H,3,6-9,11H2,1-2H3. The van der Waals surface area contributed by atoms with Crippen LogP contribution in [0.5, 0.6) is 0 Å². The van der Waals surface area contributed by atoms with Crippen LogP contribution in [0.15, 0.2) is 22.7 Å². The predicted molar refractivity (Wildman–Crippen MR) is 82.1 cm³/mol. The summed E-state index contributed by atoms with van der Waals surface area (Å²) in [6, 6.07) is 6.64. The topological polar surface area (TPSA) is 15.3 Å². The molecule has 1 saturated heterocycles. The van der Waals surface area contributed by atoms with Gasteiger partial charge >= 0.3 is 0 Å². The van der Waals surface area contributed by atoms with Crippen LogP contribution in [0, 0.1) is 5.92 Å². The molecule has 1 aromatic rings. The van der Waals surface area contributed by atoms with Crippen molar-refractivity contribution < 1.29 is 0 Å². The summed E-state index contributed by atoms with van der Waals surface area (Å²) < 4.78 is 1.18. The van der Waals surface area contributed by atoms with Gasteiger partial charge in [-0.15, -0.1) is 0 Å². The molecule has 0 bridgehead atoms. The van der Waals surface area contributed by atoms with Gasteiger partial charge in [-0.2, -0.15) is 0 Å². The molecule has 1 N–H and O–H groups in total. The summed E-state index contributed by atoms with van der Waals surface area (Å²) in [5, 5.41) is 3.43. The maximum Gasteiger partial charge on any atom is 0.0423 e. The molecule has 2 nitrogen and oxygen atoms in total. The molecule has 18 heavy (non-hydrogen) atoms. The summed E-state index contributed by atoms with van der Waals surface area (Å²) in [5.41, 5.74) is 2.81. The maximum atomic E-state index is 3.60. The zero-order valence-corrected chi connectivity index (χ0v) is 13.0. The van der Waals surface area contributed by atoms with Crippen molar-refractivity contribution in [3.8, 4) is 0 Å². The first-order valence-corrected chi connectivity index (χ1v) is 7.74. The van der Waals surface area contributed by atoms with Gasteiger partial charge in [0.25, 0.3) is 0 Å². The largest absolute Gasteiger partial charge is 0.371 e. The Labute approximate surface area is 119 Å². The number of nitrogens with zero attached hydrogens (tertiary/aromatic N) is 1. The third kappa shape index (κ3) is 3.48. The van der Waals surface area contributed by atoms with E-state index in [0.29, 0.717) is 0 Å². The van der Waals surface area contributed by atoms with Gasteiger partial charge in [0.15, 0.2) is 0 Å². The molecule has 0 amide bonds. The zero-order chi connectivity index (χ0) is 13.0. The fourth-order valence-electron chi connectivity index (χ4n) is 2.49. The second-order valence-electron chi connectivity index (χ2n) is 5.22. The molecule has 1 aromatic carbocycles. The van der Waals surface area contributed by atoms with E-state index in [-0.39, 0.29) is 0 Å². The predicted octanol–water partition coefficient (Wildman–Crippen LogP) is 3.79. The lowest BCUT2D eigenvalue weighted by molar-refractivity contribution is 0.437. The zero-order valence-electron chi connectivity index (χ0n) is 11.4. The van der Waals surface area contributed by atoms with Gasteiger partial charge in [-0.25, -0.2) is 0 Å². The van der Waals surface area contributed by atoms with E-state index in [4.69, 9.17) is 0 Å². The van der Waals surface area contributed by atoms with E-state index in [1.807, 2.05) is 0 Å². The Hall–Kier alpha value is -0.540. The number of hydrogen-bond donors (Lipinski definition) is 1. The van der Waals surface area contributed by atoms with Crippen LogP contribution >= 0.6 is 15.9 Å². The van der Waals surface area contributed by atoms with Crippen LogP contribution in [0.2, 0.25) is 0 Å². The third-order valence-corrected chi connectivity index (χ3v) is 4.23. The number of anilines is 1. The number of nitrogens with one attached hydrogen (secondary N) is 1. The Kier molecular flexibility index (Phi) is 5.07. The minimum absolute atomic E-state index is 0.880. The normalized spacial score (nSPS) is 17.2. The fraction of sp³-hybridized carbons (Fsp3) is 0.600. The molecule has 0 spiro atoms. The Morgan fingerprint density at radius 1 is 1.33 bits per heavy atom. The van der Waals surface area contributed by atoms with Gasteiger partial charge in [0.05, 0.1) is 0 Å². The van der Waals surface area contributed by atoms with Crippen LogP contribution in [0.3, 0.4) is 0 Å². The number of halogens is 1. The average molecular weight is 311 g/mol. The van der Waals surface area contributed by atoms with Crippen LogP contribution in [-0.4, -0.2) is 19.6 Å². The highest BCUT2D eigenvalue weighted by molar-refractivity contribution is 9.10. The maximum absolute atomic E-state index is 3.60. The third-order valence-electron chi connectivity index (χ3n) is 3.74. The number of benzene rings is 1. The molecule has 0 radical (unpaired) electrons. The van der Waals surface area contributed by atoms with Crippen LogP contribution in [-0.2, 0) is 6.54 Å². The Morgan fingerprint density at radius 3 is 2.72 bits per heavy atom. The molecule has 1 fully saturated rings. The molecule has 1 aliphatic rings. The van der Waals surface area contributed by atoms with Crippen molar-refractivity contribution in [3.63, 3.8) is 0 Å². The Bertz CT molecular complexity index is 384. The second-order valence-corrected chi connectivity index (χ2v) is 6.14. The first kappa shape index (κ1) is 13.9.